The lowest BCUT2D eigenvalue weighted by atomic mass is 9.89. The first kappa shape index (κ1) is 16.9. The third-order valence-electron chi connectivity index (χ3n) is 5.17. The van der Waals surface area contributed by atoms with Gasteiger partial charge >= 0.3 is 0 Å². The van der Waals surface area contributed by atoms with Crippen molar-refractivity contribution in [2.24, 2.45) is 0 Å². The topological polar surface area (TPSA) is 63.8 Å². The second-order valence-electron chi connectivity index (χ2n) is 6.99. The smallest absolute Gasteiger partial charge is 0.143 e. The Bertz CT molecular complexity index is 823. The van der Waals surface area contributed by atoms with Crippen molar-refractivity contribution in [1.82, 2.24) is 19.5 Å². The van der Waals surface area contributed by atoms with Crippen LogP contribution in [0.2, 0.25) is 0 Å². The van der Waals surface area contributed by atoms with Gasteiger partial charge in [-0.1, -0.05) is 49.6 Å². The first-order valence-electron chi connectivity index (χ1n) is 9.38. The quantitative estimate of drug-likeness (QED) is 0.753. The Labute approximate surface area is 153 Å². The fourth-order valence-corrected chi connectivity index (χ4v) is 3.71. The normalized spacial score (nSPS) is 16.5. The molecule has 5 nitrogen and oxygen atoms in total. The molecule has 1 atom stereocenters. The van der Waals surface area contributed by atoms with E-state index in [0.717, 1.165) is 22.8 Å². The second-order valence-corrected chi connectivity index (χ2v) is 6.99. The molecular weight excluding hydrogens is 324 g/mol. The van der Waals surface area contributed by atoms with Crippen LogP contribution in [0.15, 0.2) is 55.1 Å². The number of benzene rings is 1. The first-order chi connectivity index (χ1) is 12.8. The Morgan fingerprint density at radius 2 is 1.73 bits per heavy atom. The highest BCUT2D eigenvalue weighted by Gasteiger charge is 2.19. The molecule has 1 aliphatic carbocycles. The number of imidazole rings is 1. The molecule has 1 saturated carbocycles. The number of hydrogen-bond donors (Lipinski definition) is 1. The predicted octanol–water partition coefficient (Wildman–Crippen LogP) is 4.12. The van der Waals surface area contributed by atoms with E-state index in [1.165, 1.54) is 32.1 Å². The van der Waals surface area contributed by atoms with Crippen LogP contribution in [0.3, 0.4) is 0 Å². The Morgan fingerprint density at radius 3 is 2.46 bits per heavy atom. The van der Waals surface area contributed by atoms with Crippen LogP contribution in [-0.4, -0.2) is 24.6 Å². The van der Waals surface area contributed by atoms with E-state index in [-0.39, 0.29) is 0 Å². The molecule has 0 bridgehead atoms. The van der Waals surface area contributed by atoms with Crippen molar-refractivity contribution < 1.29 is 5.11 Å². The molecule has 0 aliphatic heterocycles. The Morgan fingerprint density at radius 1 is 1.00 bits per heavy atom. The molecule has 2 aromatic heterocycles. The first-order valence-corrected chi connectivity index (χ1v) is 9.38. The average molecular weight is 348 g/mol. The maximum absolute atomic E-state index is 10.5. The summed E-state index contributed by atoms with van der Waals surface area (Å²) in [4.78, 5) is 13.7. The van der Waals surface area contributed by atoms with Gasteiger partial charge in [-0.15, -0.1) is 0 Å². The zero-order chi connectivity index (χ0) is 17.8. The van der Waals surface area contributed by atoms with E-state index in [9.17, 15) is 5.11 Å². The highest BCUT2D eigenvalue weighted by molar-refractivity contribution is 5.52. The van der Waals surface area contributed by atoms with E-state index in [1.807, 2.05) is 53.5 Å². The van der Waals surface area contributed by atoms with Crippen molar-refractivity contribution in [2.45, 2.75) is 50.7 Å². The maximum atomic E-state index is 10.5. The van der Waals surface area contributed by atoms with Crippen LogP contribution in [0.1, 0.15) is 55.5 Å². The standard InChI is InChI=1S/C21H24N4O/c26-19(16-7-3-1-4-8-16)15-25-12-11-22-21(25)18-13-23-20(24-14-18)17-9-5-2-6-10-17/h1,3-4,7-8,11-14,17,19,26H,2,5-6,9-10,15H2/t19-/m0/s1. The average Bonchev–Trinajstić information content (AvgIpc) is 3.17. The molecular formula is C21H24N4O. The molecule has 1 aliphatic rings. The molecule has 0 spiro atoms. The fourth-order valence-electron chi connectivity index (χ4n) is 3.71. The Hall–Kier alpha value is -2.53. The number of hydrogen-bond acceptors (Lipinski definition) is 4. The molecule has 1 N–H and O–H groups in total. The minimum atomic E-state index is -0.577. The van der Waals surface area contributed by atoms with Crippen molar-refractivity contribution in [3.05, 3.63) is 66.5 Å². The van der Waals surface area contributed by atoms with Crippen LogP contribution in [0, 0.1) is 0 Å². The summed E-state index contributed by atoms with van der Waals surface area (Å²) in [5.74, 6) is 2.24. The summed E-state index contributed by atoms with van der Waals surface area (Å²) >= 11 is 0. The van der Waals surface area contributed by atoms with Crippen molar-refractivity contribution >= 4 is 0 Å². The van der Waals surface area contributed by atoms with Crippen LogP contribution in [0.4, 0.5) is 0 Å². The molecule has 5 heteroatoms. The Balaban J connectivity index is 1.51. The van der Waals surface area contributed by atoms with Gasteiger partial charge in [0.25, 0.3) is 0 Å². The van der Waals surface area contributed by atoms with E-state index < -0.39 is 6.10 Å². The molecule has 0 amide bonds. The number of aliphatic hydroxyl groups excluding tert-OH is 1. The minimum Gasteiger partial charge on any atom is -0.387 e. The molecule has 0 saturated heterocycles. The number of aliphatic hydroxyl groups is 1. The van der Waals surface area contributed by atoms with Gasteiger partial charge < -0.3 is 9.67 Å². The second kappa shape index (κ2) is 7.79. The lowest BCUT2D eigenvalue weighted by Crippen LogP contribution is -2.10. The molecule has 0 radical (unpaired) electrons. The van der Waals surface area contributed by atoms with E-state index in [2.05, 4.69) is 15.0 Å². The molecule has 4 rings (SSSR count). The molecule has 1 fully saturated rings. The van der Waals surface area contributed by atoms with Gasteiger partial charge in [-0.3, -0.25) is 0 Å². The number of rotatable bonds is 5. The van der Waals surface area contributed by atoms with Gasteiger partial charge in [0.2, 0.25) is 0 Å². The Kier molecular flexibility index (Phi) is 5.07. The van der Waals surface area contributed by atoms with Crippen molar-refractivity contribution in [3.63, 3.8) is 0 Å². The zero-order valence-corrected chi connectivity index (χ0v) is 14.8. The summed E-state index contributed by atoms with van der Waals surface area (Å²) in [6, 6.07) is 9.69. The number of nitrogens with zero attached hydrogens (tertiary/aromatic N) is 4. The van der Waals surface area contributed by atoms with Gasteiger partial charge in [0.1, 0.15) is 11.6 Å². The molecule has 0 unspecified atom stereocenters. The van der Waals surface area contributed by atoms with Gasteiger partial charge in [-0.25, -0.2) is 15.0 Å². The van der Waals surface area contributed by atoms with Crippen LogP contribution in [0.5, 0.6) is 0 Å². The third-order valence-corrected chi connectivity index (χ3v) is 5.17. The van der Waals surface area contributed by atoms with Gasteiger partial charge in [-0.05, 0) is 18.4 Å². The zero-order valence-electron chi connectivity index (χ0n) is 14.8. The molecule has 3 aromatic rings. The van der Waals surface area contributed by atoms with Crippen LogP contribution < -0.4 is 0 Å². The molecule has 26 heavy (non-hydrogen) atoms. The minimum absolute atomic E-state index is 0.448. The van der Waals surface area contributed by atoms with Gasteiger partial charge in [-0.2, -0.15) is 0 Å². The third kappa shape index (κ3) is 3.68. The van der Waals surface area contributed by atoms with Crippen LogP contribution >= 0.6 is 0 Å². The van der Waals surface area contributed by atoms with Crippen molar-refractivity contribution in [2.75, 3.05) is 0 Å². The monoisotopic (exact) mass is 348 g/mol. The van der Waals surface area contributed by atoms with E-state index >= 15 is 0 Å². The highest BCUT2D eigenvalue weighted by Crippen LogP contribution is 2.31. The van der Waals surface area contributed by atoms with E-state index in [4.69, 9.17) is 0 Å². The SMILES string of the molecule is O[C@@H](Cn1ccnc1-c1cnc(C2CCCCC2)nc1)c1ccccc1. The summed E-state index contributed by atoms with van der Waals surface area (Å²) in [6.07, 6.45) is 13.1. The summed E-state index contributed by atoms with van der Waals surface area (Å²) in [5, 5.41) is 10.5. The lowest BCUT2D eigenvalue weighted by Gasteiger charge is -2.20. The van der Waals surface area contributed by atoms with Crippen molar-refractivity contribution in [1.29, 1.82) is 0 Å². The fraction of sp³-hybridized carbons (Fsp3) is 0.381. The lowest BCUT2D eigenvalue weighted by molar-refractivity contribution is 0.157. The largest absolute Gasteiger partial charge is 0.387 e. The number of aromatic nitrogens is 4. The van der Waals surface area contributed by atoms with E-state index in [1.54, 1.807) is 6.20 Å². The summed E-state index contributed by atoms with van der Waals surface area (Å²) < 4.78 is 1.96. The van der Waals surface area contributed by atoms with Crippen LogP contribution in [0.25, 0.3) is 11.4 Å². The summed E-state index contributed by atoms with van der Waals surface area (Å²) in [6.45, 7) is 0.448. The molecule has 2 heterocycles. The molecule has 134 valence electrons. The van der Waals surface area contributed by atoms with Gasteiger partial charge in [0.15, 0.2) is 0 Å². The van der Waals surface area contributed by atoms with Gasteiger partial charge in [0.05, 0.1) is 18.2 Å². The highest BCUT2D eigenvalue weighted by atomic mass is 16.3. The molecule has 1 aromatic carbocycles. The summed E-state index contributed by atoms with van der Waals surface area (Å²) in [5.41, 5.74) is 1.78. The maximum Gasteiger partial charge on any atom is 0.143 e. The van der Waals surface area contributed by atoms with Crippen LogP contribution in [-0.2, 0) is 6.54 Å². The predicted molar refractivity (Wildman–Crippen MR) is 100 cm³/mol. The van der Waals surface area contributed by atoms with E-state index in [0.29, 0.717) is 12.5 Å². The summed E-state index contributed by atoms with van der Waals surface area (Å²) in [7, 11) is 0. The van der Waals surface area contributed by atoms with Gasteiger partial charge in [0, 0.05) is 30.7 Å². The van der Waals surface area contributed by atoms with Crippen molar-refractivity contribution in [3.8, 4) is 11.4 Å².